The molecule has 24 heavy (non-hydrogen) atoms. The van der Waals surface area contributed by atoms with Crippen LogP contribution in [-0.2, 0) is 17.8 Å². The Morgan fingerprint density at radius 1 is 1.17 bits per heavy atom. The average molecular weight is 320 g/mol. The molecule has 0 saturated heterocycles. The van der Waals surface area contributed by atoms with Gasteiger partial charge < -0.3 is 9.47 Å². The first-order valence-electron chi connectivity index (χ1n) is 8.17. The highest BCUT2D eigenvalue weighted by Crippen LogP contribution is 2.35. The molecule has 120 valence electrons. The number of methoxy groups -OCH3 is 1. The van der Waals surface area contributed by atoms with Crippen LogP contribution in [0.15, 0.2) is 54.9 Å². The van der Waals surface area contributed by atoms with Crippen molar-refractivity contribution >= 4 is 0 Å². The van der Waals surface area contributed by atoms with Crippen molar-refractivity contribution in [1.29, 1.82) is 0 Å². The second-order valence-corrected chi connectivity index (χ2v) is 6.28. The van der Waals surface area contributed by atoms with Crippen LogP contribution in [0.2, 0.25) is 0 Å². The summed E-state index contributed by atoms with van der Waals surface area (Å²) in [5.41, 5.74) is 3.74. The first kappa shape index (κ1) is 13.7. The maximum atomic E-state index is 6.08. The van der Waals surface area contributed by atoms with E-state index in [0.29, 0.717) is 6.61 Å². The predicted molar refractivity (Wildman–Crippen MR) is 87.2 cm³/mol. The molecule has 0 bridgehead atoms. The minimum atomic E-state index is 0.202. The van der Waals surface area contributed by atoms with Crippen LogP contribution in [0.4, 0.5) is 0 Å². The monoisotopic (exact) mass is 320 g/mol. The van der Waals surface area contributed by atoms with Gasteiger partial charge in [-0.05, 0) is 35.4 Å². The maximum absolute atomic E-state index is 6.08. The summed E-state index contributed by atoms with van der Waals surface area (Å²) >= 11 is 0. The van der Waals surface area contributed by atoms with Gasteiger partial charge in [-0.3, -0.25) is 0 Å². The van der Waals surface area contributed by atoms with Gasteiger partial charge in [-0.25, -0.2) is 4.57 Å². The number of ether oxygens (including phenoxy) is 2. The zero-order valence-corrected chi connectivity index (χ0v) is 13.4. The molecule has 2 unspecified atom stereocenters. The van der Waals surface area contributed by atoms with Crippen LogP contribution in [0, 0.1) is 0 Å². The fraction of sp³-hybridized carbons (Fsp3) is 0.263. The standard InChI is InChI=1S/C19H18N3O2/c1-23-15-8-6-14(7-9-15)22-12-21-18(20-22)11-24-17-10-13-4-2-3-5-16(13)19(17)21/h2-9,12,17,19H,10-11H2,1H3/q+1. The van der Waals surface area contributed by atoms with Gasteiger partial charge in [0.2, 0.25) is 6.33 Å². The van der Waals surface area contributed by atoms with Crippen LogP contribution in [0.25, 0.3) is 5.69 Å². The van der Waals surface area contributed by atoms with Crippen molar-refractivity contribution in [1.82, 2.24) is 9.78 Å². The van der Waals surface area contributed by atoms with Crippen LogP contribution < -0.4 is 9.30 Å². The molecule has 0 radical (unpaired) electrons. The lowest BCUT2D eigenvalue weighted by atomic mass is 10.1. The van der Waals surface area contributed by atoms with Crippen molar-refractivity contribution in [3.05, 3.63) is 71.8 Å². The van der Waals surface area contributed by atoms with Gasteiger partial charge in [-0.2, -0.15) is 0 Å². The molecule has 5 rings (SSSR count). The normalized spacial score (nSPS) is 21.0. The van der Waals surface area contributed by atoms with E-state index in [1.54, 1.807) is 7.11 Å². The van der Waals surface area contributed by atoms with Gasteiger partial charge in [-0.1, -0.05) is 28.9 Å². The molecular weight excluding hydrogens is 302 g/mol. The van der Waals surface area contributed by atoms with Crippen molar-refractivity contribution < 1.29 is 14.0 Å². The summed E-state index contributed by atoms with van der Waals surface area (Å²) < 4.78 is 15.5. The SMILES string of the molecule is COc1ccc(-n2c[n+]3c(n2)COC2Cc4ccccc4C23)cc1. The lowest BCUT2D eigenvalue weighted by molar-refractivity contribution is -0.739. The third-order valence-corrected chi connectivity index (χ3v) is 4.97. The molecule has 2 aromatic carbocycles. The topological polar surface area (TPSA) is 40.2 Å². The fourth-order valence-electron chi connectivity index (χ4n) is 3.78. The Hall–Kier alpha value is -2.66. The first-order valence-corrected chi connectivity index (χ1v) is 8.17. The predicted octanol–water partition coefficient (Wildman–Crippen LogP) is 2.21. The van der Waals surface area contributed by atoms with E-state index < -0.39 is 0 Å². The first-order chi connectivity index (χ1) is 11.8. The van der Waals surface area contributed by atoms with Crippen LogP contribution >= 0.6 is 0 Å². The van der Waals surface area contributed by atoms with E-state index in [1.165, 1.54) is 11.1 Å². The summed E-state index contributed by atoms with van der Waals surface area (Å²) in [7, 11) is 1.67. The molecule has 0 spiro atoms. The highest BCUT2D eigenvalue weighted by Gasteiger charge is 2.43. The highest BCUT2D eigenvalue weighted by molar-refractivity contribution is 5.37. The largest absolute Gasteiger partial charge is 0.497 e. The van der Waals surface area contributed by atoms with E-state index in [0.717, 1.165) is 23.7 Å². The van der Waals surface area contributed by atoms with Crippen LogP contribution in [0.1, 0.15) is 23.0 Å². The van der Waals surface area contributed by atoms with Gasteiger partial charge in [0.1, 0.15) is 30.2 Å². The van der Waals surface area contributed by atoms with Crippen molar-refractivity contribution in [2.75, 3.05) is 7.11 Å². The molecule has 0 saturated carbocycles. The van der Waals surface area contributed by atoms with E-state index in [4.69, 9.17) is 14.6 Å². The van der Waals surface area contributed by atoms with Crippen molar-refractivity contribution in [3.63, 3.8) is 0 Å². The number of aromatic nitrogens is 3. The summed E-state index contributed by atoms with van der Waals surface area (Å²) in [6.45, 7) is 0.554. The summed E-state index contributed by atoms with van der Waals surface area (Å²) in [6, 6.07) is 16.7. The maximum Gasteiger partial charge on any atom is 0.304 e. The summed E-state index contributed by atoms with van der Waals surface area (Å²) in [6.07, 6.45) is 3.26. The molecule has 1 aromatic heterocycles. The Kier molecular flexibility index (Phi) is 2.97. The molecule has 1 aliphatic heterocycles. The minimum absolute atomic E-state index is 0.202. The zero-order chi connectivity index (χ0) is 16.1. The molecule has 1 aliphatic carbocycles. The quantitative estimate of drug-likeness (QED) is 0.680. The molecule has 0 N–H and O–H groups in total. The van der Waals surface area contributed by atoms with Gasteiger partial charge in [-0.15, -0.1) is 0 Å². The average Bonchev–Trinajstić information content (AvgIpc) is 3.22. The Labute approximate surface area is 140 Å². The van der Waals surface area contributed by atoms with Gasteiger partial charge in [0.05, 0.1) is 7.11 Å². The Balaban J connectivity index is 1.57. The summed E-state index contributed by atoms with van der Waals surface area (Å²) in [5.74, 6) is 1.81. The molecule has 5 nitrogen and oxygen atoms in total. The smallest absolute Gasteiger partial charge is 0.304 e. The molecule has 2 heterocycles. The van der Waals surface area contributed by atoms with E-state index in [2.05, 4.69) is 35.2 Å². The van der Waals surface area contributed by atoms with E-state index in [9.17, 15) is 0 Å². The summed E-state index contributed by atoms with van der Waals surface area (Å²) in [4.78, 5) is 0. The Bertz CT molecular complexity index is 901. The molecule has 2 atom stereocenters. The fourth-order valence-corrected chi connectivity index (χ4v) is 3.78. The zero-order valence-electron chi connectivity index (χ0n) is 13.4. The van der Waals surface area contributed by atoms with Crippen LogP contribution in [0.5, 0.6) is 5.75 Å². The highest BCUT2D eigenvalue weighted by atomic mass is 16.5. The molecule has 3 aromatic rings. The number of nitrogens with zero attached hydrogens (tertiary/aromatic N) is 3. The molecule has 5 heteroatoms. The second kappa shape index (κ2) is 5.18. The van der Waals surface area contributed by atoms with Gasteiger partial charge in [0.15, 0.2) is 0 Å². The third kappa shape index (κ3) is 1.98. The van der Waals surface area contributed by atoms with Crippen molar-refractivity contribution in [2.45, 2.75) is 25.2 Å². The van der Waals surface area contributed by atoms with Crippen LogP contribution in [0.3, 0.4) is 0 Å². The molecule has 0 fully saturated rings. The van der Waals surface area contributed by atoms with Gasteiger partial charge in [0, 0.05) is 11.5 Å². The second-order valence-electron chi connectivity index (χ2n) is 6.28. The number of hydrogen-bond acceptors (Lipinski definition) is 3. The molecule has 0 amide bonds. The summed E-state index contributed by atoms with van der Waals surface area (Å²) in [5, 5.41) is 4.72. The van der Waals surface area contributed by atoms with Gasteiger partial charge >= 0.3 is 5.82 Å². The van der Waals surface area contributed by atoms with E-state index >= 15 is 0 Å². The van der Waals surface area contributed by atoms with Crippen LogP contribution in [-0.4, -0.2) is 23.0 Å². The number of rotatable bonds is 2. The number of benzene rings is 2. The molecule has 2 aliphatic rings. The lowest BCUT2D eigenvalue weighted by Gasteiger charge is -2.23. The van der Waals surface area contributed by atoms with Crippen molar-refractivity contribution in [3.8, 4) is 11.4 Å². The lowest BCUT2D eigenvalue weighted by Crippen LogP contribution is -2.51. The number of hydrogen-bond donors (Lipinski definition) is 0. The minimum Gasteiger partial charge on any atom is -0.497 e. The van der Waals surface area contributed by atoms with Crippen molar-refractivity contribution in [2.24, 2.45) is 0 Å². The Morgan fingerprint density at radius 3 is 2.83 bits per heavy atom. The van der Waals surface area contributed by atoms with E-state index in [-0.39, 0.29) is 12.1 Å². The molecular formula is C19H18N3O2+. The number of fused-ring (bicyclic) bond motifs is 5. The Morgan fingerprint density at radius 2 is 2.00 bits per heavy atom. The van der Waals surface area contributed by atoms with E-state index in [1.807, 2.05) is 28.9 Å². The van der Waals surface area contributed by atoms with Gasteiger partial charge in [0.25, 0.3) is 0 Å². The third-order valence-electron chi connectivity index (χ3n) is 4.97.